The van der Waals surface area contributed by atoms with Crippen molar-refractivity contribution in [3.63, 3.8) is 0 Å². The molecule has 1 amide bonds. The molecular formula is C24H23F3N4O4. The zero-order valence-electron chi connectivity index (χ0n) is 18.8. The summed E-state index contributed by atoms with van der Waals surface area (Å²) in [5.74, 6) is -2.12. The van der Waals surface area contributed by atoms with Crippen LogP contribution in [-0.4, -0.2) is 42.0 Å². The summed E-state index contributed by atoms with van der Waals surface area (Å²) >= 11 is 0. The molecule has 0 radical (unpaired) electrons. The van der Waals surface area contributed by atoms with E-state index in [4.69, 9.17) is 9.15 Å². The quantitative estimate of drug-likeness (QED) is 0.499. The number of anilines is 2. The first-order valence-corrected chi connectivity index (χ1v) is 11.0. The molecule has 1 aromatic carbocycles. The number of methoxy groups -OCH3 is 1. The van der Waals surface area contributed by atoms with Gasteiger partial charge in [-0.1, -0.05) is 18.2 Å². The number of nitrogens with zero attached hydrogens (tertiary/aromatic N) is 3. The molecule has 184 valence electrons. The monoisotopic (exact) mass is 488 g/mol. The molecule has 0 bridgehead atoms. The summed E-state index contributed by atoms with van der Waals surface area (Å²) in [4.78, 5) is 34.3. The van der Waals surface area contributed by atoms with Crippen LogP contribution < -0.4 is 10.2 Å². The summed E-state index contributed by atoms with van der Waals surface area (Å²) in [5.41, 5.74) is -0.316. The van der Waals surface area contributed by atoms with Crippen molar-refractivity contribution in [1.82, 2.24) is 9.97 Å². The number of oxazole rings is 1. The van der Waals surface area contributed by atoms with E-state index in [1.807, 2.05) is 4.90 Å². The van der Waals surface area contributed by atoms with Crippen LogP contribution >= 0.6 is 0 Å². The van der Waals surface area contributed by atoms with Gasteiger partial charge in [-0.15, -0.1) is 0 Å². The van der Waals surface area contributed by atoms with Crippen LogP contribution in [0.5, 0.6) is 0 Å². The van der Waals surface area contributed by atoms with Crippen LogP contribution in [0.1, 0.15) is 35.5 Å². The summed E-state index contributed by atoms with van der Waals surface area (Å²) in [6, 6.07) is 11.3. The van der Waals surface area contributed by atoms with E-state index < -0.39 is 23.5 Å². The molecule has 3 aromatic rings. The fourth-order valence-corrected chi connectivity index (χ4v) is 3.89. The minimum Gasteiger partial charge on any atom is -0.469 e. The van der Waals surface area contributed by atoms with Crippen molar-refractivity contribution in [2.24, 2.45) is 5.92 Å². The van der Waals surface area contributed by atoms with Crippen LogP contribution in [0.4, 0.5) is 24.7 Å². The molecule has 2 aromatic heterocycles. The van der Waals surface area contributed by atoms with Crippen molar-refractivity contribution >= 4 is 23.4 Å². The highest BCUT2D eigenvalue weighted by atomic mass is 19.4. The number of alkyl halides is 3. The van der Waals surface area contributed by atoms with Gasteiger partial charge in [-0.25, -0.2) is 9.97 Å². The van der Waals surface area contributed by atoms with Crippen LogP contribution in [0.15, 0.2) is 53.1 Å². The summed E-state index contributed by atoms with van der Waals surface area (Å²) in [6.45, 7) is 1.41. The Morgan fingerprint density at radius 3 is 2.46 bits per heavy atom. The third kappa shape index (κ3) is 5.79. The maximum atomic E-state index is 13.5. The van der Waals surface area contributed by atoms with E-state index in [1.54, 1.807) is 30.3 Å². The number of hydrogen-bond donors (Lipinski definition) is 1. The largest absolute Gasteiger partial charge is 0.469 e. The van der Waals surface area contributed by atoms with Gasteiger partial charge in [0.25, 0.3) is 5.91 Å². The second kappa shape index (κ2) is 10.2. The number of amides is 1. The first-order chi connectivity index (χ1) is 16.7. The Bertz CT molecular complexity index is 1170. The molecule has 0 unspecified atom stereocenters. The number of esters is 1. The molecule has 3 heterocycles. The first-order valence-electron chi connectivity index (χ1n) is 11.0. The molecule has 4 rings (SSSR count). The van der Waals surface area contributed by atoms with Crippen LogP contribution in [0, 0.1) is 5.92 Å². The number of piperidine rings is 1. The van der Waals surface area contributed by atoms with E-state index in [0.717, 1.165) is 12.8 Å². The molecule has 11 heteroatoms. The van der Waals surface area contributed by atoms with E-state index in [9.17, 15) is 22.8 Å². The number of hydrogen-bond acceptors (Lipinski definition) is 7. The fourth-order valence-electron chi connectivity index (χ4n) is 3.89. The Hall–Kier alpha value is -3.89. The van der Waals surface area contributed by atoms with E-state index in [-0.39, 0.29) is 23.5 Å². The fraction of sp³-hybridized carbons (Fsp3) is 0.333. The third-order valence-corrected chi connectivity index (χ3v) is 5.75. The number of carbonyl (C=O) groups excluding carboxylic acids is 2. The summed E-state index contributed by atoms with van der Waals surface area (Å²) in [6.07, 6.45) is -1.51. The molecule has 0 spiro atoms. The molecule has 1 aliphatic heterocycles. The molecule has 1 saturated heterocycles. The smallest absolute Gasteiger partial charge is 0.452 e. The van der Waals surface area contributed by atoms with E-state index in [0.29, 0.717) is 30.9 Å². The SMILES string of the molecule is COC(=O)CC1CCN(c2ccc(NC(=O)c3nc(-c4ccccc4)oc3C(F)(F)F)cn2)CC1. The van der Waals surface area contributed by atoms with Crippen molar-refractivity contribution in [3.05, 3.63) is 60.1 Å². The standard InChI is InChI=1S/C24H23F3N4O4/c1-34-19(32)13-15-9-11-31(12-10-15)18-8-7-17(14-28-18)29-22(33)20-21(24(25,26)27)35-23(30-20)16-5-3-2-4-6-16/h2-8,14-15H,9-13H2,1H3,(H,29,33). The van der Waals surface area contributed by atoms with Gasteiger partial charge in [-0.05, 0) is 43.0 Å². The van der Waals surface area contributed by atoms with Gasteiger partial charge in [0.05, 0.1) is 19.0 Å². The zero-order valence-corrected chi connectivity index (χ0v) is 18.8. The minimum absolute atomic E-state index is 0.219. The van der Waals surface area contributed by atoms with E-state index in [1.165, 1.54) is 25.4 Å². The van der Waals surface area contributed by atoms with E-state index >= 15 is 0 Å². The summed E-state index contributed by atoms with van der Waals surface area (Å²) in [5, 5.41) is 2.41. The minimum atomic E-state index is -4.89. The predicted molar refractivity (Wildman–Crippen MR) is 121 cm³/mol. The average Bonchev–Trinajstić information content (AvgIpc) is 3.32. The Morgan fingerprint density at radius 1 is 1.14 bits per heavy atom. The Morgan fingerprint density at radius 2 is 1.86 bits per heavy atom. The molecule has 8 nitrogen and oxygen atoms in total. The Kier molecular flexibility index (Phi) is 7.04. The average molecular weight is 488 g/mol. The van der Waals surface area contributed by atoms with Crippen molar-refractivity contribution in [2.45, 2.75) is 25.4 Å². The van der Waals surface area contributed by atoms with Crippen LogP contribution in [-0.2, 0) is 15.7 Å². The maximum absolute atomic E-state index is 13.5. The molecule has 35 heavy (non-hydrogen) atoms. The lowest BCUT2D eigenvalue weighted by Gasteiger charge is -2.32. The van der Waals surface area contributed by atoms with Gasteiger partial charge in [-0.2, -0.15) is 13.2 Å². The number of rotatable bonds is 6. The highest BCUT2D eigenvalue weighted by molar-refractivity contribution is 6.04. The lowest BCUT2D eigenvalue weighted by molar-refractivity contribution is -0.153. The zero-order chi connectivity index (χ0) is 25.0. The lowest BCUT2D eigenvalue weighted by atomic mass is 9.93. The van der Waals surface area contributed by atoms with Gasteiger partial charge in [0.1, 0.15) is 5.82 Å². The third-order valence-electron chi connectivity index (χ3n) is 5.75. The molecule has 1 fully saturated rings. The maximum Gasteiger partial charge on any atom is 0.452 e. The van der Waals surface area contributed by atoms with Gasteiger partial charge >= 0.3 is 12.1 Å². The van der Waals surface area contributed by atoms with Gasteiger partial charge < -0.3 is 19.4 Å². The molecule has 1 N–H and O–H groups in total. The molecule has 0 saturated carbocycles. The number of ether oxygens (including phenoxy) is 1. The van der Waals surface area contributed by atoms with Gasteiger partial charge in [0, 0.05) is 25.1 Å². The van der Waals surface area contributed by atoms with Crippen molar-refractivity contribution in [3.8, 4) is 11.5 Å². The van der Waals surface area contributed by atoms with Gasteiger partial charge in [0.2, 0.25) is 11.7 Å². The second-order valence-electron chi connectivity index (χ2n) is 8.13. The number of benzene rings is 1. The lowest BCUT2D eigenvalue weighted by Crippen LogP contribution is -2.35. The van der Waals surface area contributed by atoms with Crippen LogP contribution in [0.3, 0.4) is 0 Å². The van der Waals surface area contributed by atoms with Gasteiger partial charge in [0.15, 0.2) is 5.69 Å². The highest BCUT2D eigenvalue weighted by Crippen LogP contribution is 2.35. The van der Waals surface area contributed by atoms with Gasteiger partial charge in [-0.3, -0.25) is 9.59 Å². The van der Waals surface area contributed by atoms with Crippen molar-refractivity contribution in [2.75, 3.05) is 30.4 Å². The molecular weight excluding hydrogens is 465 g/mol. The van der Waals surface area contributed by atoms with Crippen molar-refractivity contribution in [1.29, 1.82) is 0 Å². The predicted octanol–water partition coefficient (Wildman–Crippen LogP) is 4.79. The number of nitrogens with one attached hydrogen (secondary N) is 1. The Balaban J connectivity index is 1.44. The number of pyridine rings is 1. The normalized spacial score (nSPS) is 14.6. The molecule has 0 atom stereocenters. The highest BCUT2D eigenvalue weighted by Gasteiger charge is 2.42. The second-order valence-corrected chi connectivity index (χ2v) is 8.13. The summed E-state index contributed by atoms with van der Waals surface area (Å²) < 4.78 is 50.1. The van der Waals surface area contributed by atoms with Crippen molar-refractivity contribution < 1.29 is 31.9 Å². The molecule has 1 aliphatic rings. The first kappa shape index (κ1) is 24.2. The number of carbonyl (C=O) groups is 2. The summed E-state index contributed by atoms with van der Waals surface area (Å²) in [7, 11) is 1.37. The van der Waals surface area contributed by atoms with Crippen LogP contribution in [0.25, 0.3) is 11.5 Å². The Labute approximate surface area is 199 Å². The van der Waals surface area contributed by atoms with Crippen LogP contribution in [0.2, 0.25) is 0 Å². The molecule has 0 aliphatic carbocycles. The topological polar surface area (TPSA) is 97.6 Å². The number of halogens is 3. The van der Waals surface area contributed by atoms with E-state index in [2.05, 4.69) is 15.3 Å². The number of aromatic nitrogens is 2.